The van der Waals surface area contributed by atoms with Crippen LogP contribution in [0.4, 0.5) is 11.5 Å². The van der Waals surface area contributed by atoms with Crippen molar-refractivity contribution < 1.29 is 14.5 Å². The van der Waals surface area contributed by atoms with E-state index >= 15 is 0 Å². The van der Waals surface area contributed by atoms with E-state index in [2.05, 4.69) is 10.3 Å². The van der Waals surface area contributed by atoms with E-state index in [0.717, 1.165) is 11.1 Å². The summed E-state index contributed by atoms with van der Waals surface area (Å²) in [6.07, 6.45) is 1.33. The van der Waals surface area contributed by atoms with Crippen LogP contribution in [0.5, 0.6) is 5.75 Å². The molecule has 7 nitrogen and oxygen atoms in total. The number of aromatic nitrogens is 1. The maximum Gasteiger partial charge on any atom is 0.406 e. The number of carbonyl (C=O) groups excluding carboxylic acids is 1. The number of hydrogen-bond donors (Lipinski definition) is 1. The second-order valence-corrected chi connectivity index (χ2v) is 6.39. The van der Waals surface area contributed by atoms with Gasteiger partial charge in [0, 0.05) is 16.3 Å². The zero-order valence-corrected chi connectivity index (χ0v) is 15.6. The second kappa shape index (κ2) is 8.49. The number of halogens is 1. The highest BCUT2D eigenvalue weighted by Crippen LogP contribution is 2.24. The number of nitro groups is 1. The molecule has 1 N–H and O–H groups in total. The molecule has 2 aromatic carbocycles. The molecular formula is C20H16ClN3O4. The third-order valence-electron chi connectivity index (χ3n) is 3.95. The fourth-order valence-electron chi connectivity index (χ4n) is 2.47. The van der Waals surface area contributed by atoms with Crippen LogP contribution >= 0.6 is 11.6 Å². The molecule has 142 valence electrons. The van der Waals surface area contributed by atoms with Crippen molar-refractivity contribution in [3.05, 3.63) is 92.6 Å². The van der Waals surface area contributed by atoms with Crippen molar-refractivity contribution in [1.29, 1.82) is 0 Å². The molecule has 0 aliphatic carbocycles. The molecule has 1 aromatic heterocycles. The first-order valence-electron chi connectivity index (χ1n) is 8.32. The fourth-order valence-corrected chi connectivity index (χ4v) is 2.59. The standard InChI is InChI=1S/C20H16ClN3O4/c1-13-11-16(8-9-17(13)21)23-20(25)15-6-4-14(5-7-15)12-28-18-3-2-10-22-19(18)24(26)27/h2-11H,12H2,1H3,(H,23,25). The Labute approximate surface area is 166 Å². The minimum Gasteiger partial charge on any atom is -0.481 e. The normalized spacial score (nSPS) is 10.4. The van der Waals surface area contributed by atoms with Crippen LogP contribution in [0, 0.1) is 17.0 Å². The van der Waals surface area contributed by atoms with Crippen LogP contribution in [0.3, 0.4) is 0 Å². The van der Waals surface area contributed by atoms with Gasteiger partial charge in [0.1, 0.15) is 12.8 Å². The van der Waals surface area contributed by atoms with Gasteiger partial charge in [0.2, 0.25) is 5.75 Å². The lowest BCUT2D eigenvalue weighted by atomic mass is 10.1. The highest BCUT2D eigenvalue weighted by molar-refractivity contribution is 6.31. The van der Waals surface area contributed by atoms with Crippen molar-refractivity contribution in [3.8, 4) is 5.75 Å². The van der Waals surface area contributed by atoms with Gasteiger partial charge in [-0.05, 0) is 70.4 Å². The molecule has 0 spiro atoms. The number of rotatable bonds is 6. The Balaban J connectivity index is 1.64. The minimum absolute atomic E-state index is 0.0902. The monoisotopic (exact) mass is 397 g/mol. The van der Waals surface area contributed by atoms with E-state index in [-0.39, 0.29) is 24.1 Å². The maximum absolute atomic E-state index is 12.4. The first-order chi connectivity index (χ1) is 13.4. The zero-order valence-electron chi connectivity index (χ0n) is 14.9. The molecule has 0 atom stereocenters. The summed E-state index contributed by atoms with van der Waals surface area (Å²) in [6, 6.07) is 15.1. The largest absolute Gasteiger partial charge is 0.481 e. The molecule has 28 heavy (non-hydrogen) atoms. The number of pyridine rings is 1. The number of hydrogen-bond acceptors (Lipinski definition) is 5. The highest BCUT2D eigenvalue weighted by atomic mass is 35.5. The number of nitrogens with zero attached hydrogens (tertiary/aromatic N) is 2. The second-order valence-electron chi connectivity index (χ2n) is 5.99. The molecule has 3 rings (SSSR count). The first kappa shape index (κ1) is 19.3. The Kier molecular flexibility index (Phi) is 5.86. The van der Waals surface area contributed by atoms with Gasteiger partial charge in [-0.2, -0.15) is 0 Å². The minimum atomic E-state index is -0.596. The summed E-state index contributed by atoms with van der Waals surface area (Å²) in [5, 5.41) is 14.4. The molecule has 0 radical (unpaired) electrons. The topological polar surface area (TPSA) is 94.4 Å². The van der Waals surface area contributed by atoms with E-state index in [4.69, 9.17) is 16.3 Å². The average Bonchev–Trinajstić information content (AvgIpc) is 2.69. The molecule has 3 aromatic rings. The molecule has 1 amide bonds. The third kappa shape index (κ3) is 4.63. The maximum atomic E-state index is 12.4. The van der Waals surface area contributed by atoms with Gasteiger partial charge in [0.15, 0.2) is 0 Å². The molecule has 0 saturated carbocycles. The number of amides is 1. The Morgan fingerprint density at radius 3 is 2.64 bits per heavy atom. The van der Waals surface area contributed by atoms with Gasteiger partial charge in [-0.1, -0.05) is 23.7 Å². The van der Waals surface area contributed by atoms with Gasteiger partial charge in [-0.3, -0.25) is 4.79 Å². The fraction of sp³-hybridized carbons (Fsp3) is 0.100. The van der Waals surface area contributed by atoms with Crippen LogP contribution in [0.25, 0.3) is 0 Å². The summed E-state index contributed by atoms with van der Waals surface area (Å²) in [4.78, 5) is 26.4. The number of nitrogens with one attached hydrogen (secondary N) is 1. The van der Waals surface area contributed by atoms with Gasteiger partial charge in [0.25, 0.3) is 5.91 Å². The predicted octanol–water partition coefficient (Wildman–Crippen LogP) is 4.78. The van der Waals surface area contributed by atoms with Gasteiger partial charge in [-0.15, -0.1) is 0 Å². The van der Waals surface area contributed by atoms with Crippen LogP contribution in [0.15, 0.2) is 60.8 Å². The van der Waals surface area contributed by atoms with E-state index in [1.165, 1.54) is 12.3 Å². The lowest BCUT2D eigenvalue weighted by molar-refractivity contribution is -0.390. The first-order valence-corrected chi connectivity index (χ1v) is 8.70. The van der Waals surface area contributed by atoms with E-state index in [0.29, 0.717) is 16.3 Å². The van der Waals surface area contributed by atoms with Crippen LogP contribution in [-0.2, 0) is 6.61 Å². The zero-order chi connectivity index (χ0) is 20.1. The van der Waals surface area contributed by atoms with E-state index < -0.39 is 4.92 Å². The number of benzene rings is 2. The lowest BCUT2D eigenvalue weighted by Crippen LogP contribution is -2.12. The van der Waals surface area contributed by atoms with Crippen LogP contribution in [0.1, 0.15) is 21.5 Å². The predicted molar refractivity (Wildman–Crippen MR) is 106 cm³/mol. The van der Waals surface area contributed by atoms with Gasteiger partial charge < -0.3 is 20.2 Å². The van der Waals surface area contributed by atoms with Crippen molar-refractivity contribution in [2.45, 2.75) is 13.5 Å². The number of aryl methyl sites for hydroxylation is 1. The Morgan fingerprint density at radius 2 is 1.96 bits per heavy atom. The molecule has 0 saturated heterocycles. The van der Waals surface area contributed by atoms with E-state index in [1.54, 1.807) is 48.5 Å². The van der Waals surface area contributed by atoms with Crippen molar-refractivity contribution >= 4 is 29.0 Å². The molecule has 0 unspecified atom stereocenters. The average molecular weight is 398 g/mol. The molecule has 8 heteroatoms. The number of ether oxygens (including phenoxy) is 1. The van der Waals surface area contributed by atoms with Crippen molar-refractivity contribution in [3.63, 3.8) is 0 Å². The Hall–Kier alpha value is -3.45. The van der Waals surface area contributed by atoms with Crippen LogP contribution in [-0.4, -0.2) is 15.8 Å². The number of carbonyl (C=O) groups is 1. The van der Waals surface area contributed by atoms with E-state index in [9.17, 15) is 14.9 Å². The van der Waals surface area contributed by atoms with Gasteiger partial charge in [-0.25, -0.2) is 0 Å². The SMILES string of the molecule is Cc1cc(NC(=O)c2ccc(COc3cccnc3[N+](=O)[O-])cc2)ccc1Cl. The molecule has 0 bridgehead atoms. The molecule has 1 heterocycles. The van der Waals surface area contributed by atoms with Crippen molar-refractivity contribution in [2.24, 2.45) is 0 Å². The molecule has 0 aliphatic rings. The summed E-state index contributed by atoms with van der Waals surface area (Å²) in [7, 11) is 0. The van der Waals surface area contributed by atoms with Gasteiger partial charge >= 0.3 is 5.82 Å². The highest BCUT2D eigenvalue weighted by Gasteiger charge is 2.15. The summed E-state index contributed by atoms with van der Waals surface area (Å²) in [6.45, 7) is 1.98. The molecular weight excluding hydrogens is 382 g/mol. The van der Waals surface area contributed by atoms with Crippen LogP contribution in [0.2, 0.25) is 5.02 Å². The van der Waals surface area contributed by atoms with Crippen molar-refractivity contribution in [2.75, 3.05) is 5.32 Å². The third-order valence-corrected chi connectivity index (χ3v) is 4.37. The van der Waals surface area contributed by atoms with Gasteiger partial charge in [0.05, 0.1) is 0 Å². The number of anilines is 1. The smallest absolute Gasteiger partial charge is 0.406 e. The summed E-state index contributed by atoms with van der Waals surface area (Å²) in [5.41, 5.74) is 2.76. The van der Waals surface area contributed by atoms with Crippen molar-refractivity contribution in [1.82, 2.24) is 4.98 Å². The molecule has 0 aliphatic heterocycles. The van der Waals surface area contributed by atoms with E-state index in [1.807, 2.05) is 6.92 Å². The quantitative estimate of drug-likeness (QED) is 0.477. The Morgan fingerprint density at radius 1 is 1.21 bits per heavy atom. The lowest BCUT2D eigenvalue weighted by Gasteiger charge is -2.09. The Bertz CT molecular complexity index is 1020. The summed E-state index contributed by atoms with van der Waals surface area (Å²) >= 11 is 5.99. The summed E-state index contributed by atoms with van der Waals surface area (Å²) < 4.78 is 5.49. The van der Waals surface area contributed by atoms with Crippen LogP contribution < -0.4 is 10.1 Å². The molecule has 0 fully saturated rings. The summed E-state index contributed by atoms with van der Waals surface area (Å²) in [5.74, 6) is -0.499.